The summed E-state index contributed by atoms with van der Waals surface area (Å²) in [6.45, 7) is 2.26. The molecule has 0 saturated carbocycles. The molecule has 0 heterocycles. The van der Waals surface area contributed by atoms with Gasteiger partial charge in [-0.2, -0.15) is 0 Å². The van der Waals surface area contributed by atoms with Crippen molar-refractivity contribution < 1.29 is 0 Å². The fraction of sp³-hybridized carbons (Fsp3) is 0.238. The minimum absolute atomic E-state index is 0.420. The van der Waals surface area contributed by atoms with E-state index in [1.165, 1.54) is 24.0 Å². The summed E-state index contributed by atoms with van der Waals surface area (Å²) in [6.07, 6.45) is 9.31. The molecule has 0 aromatic heterocycles. The van der Waals surface area contributed by atoms with E-state index in [0.717, 1.165) is 0 Å². The Morgan fingerprint density at radius 3 is 1.95 bits per heavy atom. The molecule has 0 saturated heterocycles. The highest BCUT2D eigenvalue weighted by molar-refractivity contribution is 5.41. The van der Waals surface area contributed by atoms with Crippen molar-refractivity contribution in [1.29, 1.82) is 0 Å². The van der Waals surface area contributed by atoms with Crippen LogP contribution in [0.25, 0.3) is 0 Å². The molecule has 1 atom stereocenters. The van der Waals surface area contributed by atoms with E-state index in [-0.39, 0.29) is 0 Å². The summed E-state index contributed by atoms with van der Waals surface area (Å²) in [5.74, 6) is 0.915. The zero-order valence-electron chi connectivity index (χ0n) is 12.6. The average Bonchev–Trinajstić information content (AvgIpc) is 2.98. The van der Waals surface area contributed by atoms with Crippen LogP contribution >= 0.6 is 0 Å². The Labute approximate surface area is 127 Å². The highest BCUT2D eigenvalue weighted by atomic mass is 14.3. The van der Waals surface area contributed by atoms with Crippen LogP contribution in [0.4, 0.5) is 0 Å². The lowest BCUT2D eigenvalue weighted by molar-refractivity contribution is 0.627. The van der Waals surface area contributed by atoms with Gasteiger partial charge in [-0.1, -0.05) is 97.8 Å². The van der Waals surface area contributed by atoms with Crippen LogP contribution in [0.3, 0.4) is 0 Å². The van der Waals surface area contributed by atoms with E-state index in [0.29, 0.717) is 11.8 Å². The van der Waals surface area contributed by atoms with E-state index in [1.54, 1.807) is 5.57 Å². The number of hydrogen-bond donors (Lipinski definition) is 0. The second-order valence-electron chi connectivity index (χ2n) is 5.70. The first kappa shape index (κ1) is 13.9. The molecule has 0 spiro atoms. The van der Waals surface area contributed by atoms with Crippen LogP contribution in [0.5, 0.6) is 0 Å². The van der Waals surface area contributed by atoms with Crippen LogP contribution in [0, 0.1) is 5.92 Å². The molecule has 0 fully saturated rings. The summed E-state index contributed by atoms with van der Waals surface area (Å²) < 4.78 is 0. The molecule has 21 heavy (non-hydrogen) atoms. The minimum atomic E-state index is 0.420. The van der Waals surface area contributed by atoms with Gasteiger partial charge in [-0.05, 0) is 17.5 Å². The van der Waals surface area contributed by atoms with Crippen LogP contribution in [-0.2, 0) is 0 Å². The largest absolute Gasteiger partial charge is 0.0764 e. The molecule has 0 aliphatic heterocycles. The lowest BCUT2D eigenvalue weighted by Crippen LogP contribution is -2.13. The van der Waals surface area contributed by atoms with E-state index < -0.39 is 0 Å². The lowest BCUT2D eigenvalue weighted by Gasteiger charge is -2.26. The Morgan fingerprint density at radius 1 is 0.857 bits per heavy atom. The summed E-state index contributed by atoms with van der Waals surface area (Å²) in [4.78, 5) is 0. The van der Waals surface area contributed by atoms with Gasteiger partial charge in [0.1, 0.15) is 0 Å². The molecule has 0 radical (unpaired) electrons. The predicted molar refractivity (Wildman–Crippen MR) is 90.3 cm³/mol. The van der Waals surface area contributed by atoms with Crippen molar-refractivity contribution in [2.45, 2.75) is 25.7 Å². The third-order valence-corrected chi connectivity index (χ3v) is 4.27. The Balaban J connectivity index is 2.01. The van der Waals surface area contributed by atoms with Crippen molar-refractivity contribution in [3.05, 3.63) is 95.6 Å². The maximum atomic E-state index is 2.37. The lowest BCUT2D eigenvalue weighted by atomic mass is 9.77. The van der Waals surface area contributed by atoms with Crippen molar-refractivity contribution in [3.8, 4) is 0 Å². The van der Waals surface area contributed by atoms with Crippen molar-refractivity contribution in [1.82, 2.24) is 0 Å². The SMILES string of the molecule is CCCC1=CC=CC1C(c1ccccc1)c1ccccc1. The van der Waals surface area contributed by atoms with Crippen molar-refractivity contribution in [3.63, 3.8) is 0 Å². The fourth-order valence-corrected chi connectivity index (χ4v) is 3.33. The molecule has 3 rings (SSSR count). The van der Waals surface area contributed by atoms with Crippen molar-refractivity contribution >= 4 is 0 Å². The average molecular weight is 274 g/mol. The molecule has 1 aliphatic rings. The van der Waals surface area contributed by atoms with Gasteiger partial charge in [0.2, 0.25) is 0 Å². The number of benzene rings is 2. The standard InChI is InChI=1S/C21H22/c1-2-10-17-15-9-16-20(17)21(18-11-5-3-6-12-18)19-13-7-4-8-14-19/h3-9,11-16,20-21H,2,10H2,1H3. The normalized spacial score (nSPS) is 17.2. The minimum Gasteiger partial charge on any atom is -0.0764 e. The van der Waals surface area contributed by atoms with Gasteiger partial charge in [0.05, 0.1) is 0 Å². The molecule has 2 aromatic rings. The first-order chi connectivity index (χ1) is 10.4. The van der Waals surface area contributed by atoms with Gasteiger partial charge in [0.25, 0.3) is 0 Å². The summed E-state index contributed by atoms with van der Waals surface area (Å²) in [5, 5.41) is 0. The van der Waals surface area contributed by atoms with E-state index in [1.807, 2.05) is 0 Å². The van der Waals surface area contributed by atoms with Crippen LogP contribution in [0.15, 0.2) is 84.5 Å². The van der Waals surface area contributed by atoms with Crippen LogP contribution < -0.4 is 0 Å². The van der Waals surface area contributed by atoms with Gasteiger partial charge < -0.3 is 0 Å². The van der Waals surface area contributed by atoms with Gasteiger partial charge in [0.15, 0.2) is 0 Å². The highest BCUT2D eigenvalue weighted by Gasteiger charge is 2.27. The molecule has 0 heteroatoms. The van der Waals surface area contributed by atoms with Crippen LogP contribution in [0.2, 0.25) is 0 Å². The molecule has 0 nitrogen and oxygen atoms in total. The Hall–Kier alpha value is -2.08. The second-order valence-corrected chi connectivity index (χ2v) is 5.70. The van der Waals surface area contributed by atoms with Crippen molar-refractivity contribution in [2.24, 2.45) is 5.92 Å². The first-order valence-electron chi connectivity index (χ1n) is 7.87. The summed E-state index contributed by atoms with van der Waals surface area (Å²) in [5.41, 5.74) is 4.37. The van der Waals surface area contributed by atoms with E-state index in [2.05, 4.69) is 85.8 Å². The zero-order chi connectivity index (χ0) is 14.5. The molecule has 0 N–H and O–H groups in total. The maximum Gasteiger partial charge on any atom is 0.0190 e. The maximum absolute atomic E-state index is 2.37. The van der Waals surface area contributed by atoms with E-state index in [9.17, 15) is 0 Å². The topological polar surface area (TPSA) is 0 Å². The van der Waals surface area contributed by atoms with Gasteiger partial charge in [-0.15, -0.1) is 0 Å². The van der Waals surface area contributed by atoms with Gasteiger partial charge in [0, 0.05) is 11.8 Å². The molecule has 106 valence electrons. The number of allylic oxidation sites excluding steroid dienone is 4. The first-order valence-corrected chi connectivity index (χ1v) is 7.87. The zero-order valence-corrected chi connectivity index (χ0v) is 12.6. The quantitative estimate of drug-likeness (QED) is 0.653. The van der Waals surface area contributed by atoms with Crippen molar-refractivity contribution in [2.75, 3.05) is 0 Å². The molecular weight excluding hydrogens is 252 g/mol. The Bertz CT molecular complexity index is 580. The van der Waals surface area contributed by atoms with Crippen LogP contribution in [0.1, 0.15) is 36.8 Å². The number of rotatable bonds is 5. The van der Waals surface area contributed by atoms with Gasteiger partial charge >= 0.3 is 0 Å². The predicted octanol–water partition coefficient (Wildman–Crippen LogP) is 5.73. The molecule has 0 bridgehead atoms. The molecule has 0 amide bonds. The molecule has 2 aromatic carbocycles. The van der Waals surface area contributed by atoms with Gasteiger partial charge in [-0.25, -0.2) is 0 Å². The van der Waals surface area contributed by atoms with E-state index in [4.69, 9.17) is 0 Å². The van der Waals surface area contributed by atoms with E-state index >= 15 is 0 Å². The van der Waals surface area contributed by atoms with Gasteiger partial charge in [-0.3, -0.25) is 0 Å². The van der Waals surface area contributed by atoms with Crippen LogP contribution in [-0.4, -0.2) is 0 Å². The molecule has 1 aliphatic carbocycles. The third kappa shape index (κ3) is 3.00. The molecular formula is C21H22. The highest BCUT2D eigenvalue weighted by Crippen LogP contribution is 2.40. The third-order valence-electron chi connectivity index (χ3n) is 4.27. The number of hydrogen-bond acceptors (Lipinski definition) is 0. The Morgan fingerprint density at radius 2 is 1.43 bits per heavy atom. The summed E-state index contributed by atoms with van der Waals surface area (Å²) >= 11 is 0. The monoisotopic (exact) mass is 274 g/mol. The Kier molecular flexibility index (Phi) is 4.35. The smallest absolute Gasteiger partial charge is 0.0190 e. The summed E-state index contributed by atoms with van der Waals surface area (Å²) in [7, 11) is 0. The second kappa shape index (κ2) is 6.58. The fourth-order valence-electron chi connectivity index (χ4n) is 3.33. The molecule has 1 unspecified atom stereocenters. The summed E-state index contributed by atoms with van der Waals surface area (Å²) in [6, 6.07) is 21.8.